The Hall–Kier alpha value is -3.74. The van der Waals surface area contributed by atoms with Gasteiger partial charge in [0.15, 0.2) is 5.82 Å². The fraction of sp³-hybridized carbons (Fsp3) is 0.143. The second-order valence-corrected chi connectivity index (χ2v) is 6.19. The summed E-state index contributed by atoms with van der Waals surface area (Å²) in [5.41, 5.74) is 2.35. The van der Waals surface area contributed by atoms with Crippen LogP contribution in [0, 0.1) is 0 Å². The Morgan fingerprint density at radius 2 is 1.86 bits per heavy atom. The first-order chi connectivity index (χ1) is 13.7. The third-order valence-electron chi connectivity index (χ3n) is 4.48. The summed E-state index contributed by atoms with van der Waals surface area (Å²) in [6.45, 7) is 2.51. The molecule has 4 rings (SSSR count). The van der Waals surface area contributed by atoms with Crippen LogP contribution in [0.5, 0.6) is 5.88 Å². The molecule has 7 nitrogen and oxygen atoms in total. The molecule has 4 aromatic rings. The molecule has 0 atom stereocenters. The molecule has 0 amide bonds. The molecule has 140 valence electrons. The standard InChI is InChI=1S/C21H19N5O2/c1-3-26-17-12-19(23-18-9-10-20(28-2)25-24-18)22-13-15(17)11-16(21(26)27)14-7-5-4-6-8-14/h4-13H,3H2,1-2H3,(H,22,23,24). The molecule has 3 heterocycles. The maximum atomic E-state index is 13.0. The summed E-state index contributed by atoms with van der Waals surface area (Å²) < 4.78 is 6.77. The fourth-order valence-electron chi connectivity index (χ4n) is 3.11. The minimum absolute atomic E-state index is 0.0254. The molecule has 0 unspecified atom stereocenters. The largest absolute Gasteiger partial charge is 0.480 e. The first-order valence-electron chi connectivity index (χ1n) is 8.93. The lowest BCUT2D eigenvalue weighted by Gasteiger charge is -2.13. The van der Waals surface area contributed by atoms with Gasteiger partial charge in [0, 0.05) is 35.8 Å². The van der Waals surface area contributed by atoms with Gasteiger partial charge in [-0.05, 0) is 24.6 Å². The predicted octanol–water partition coefficient (Wildman–Crippen LogP) is 3.63. The number of pyridine rings is 2. The highest BCUT2D eigenvalue weighted by atomic mass is 16.5. The highest BCUT2D eigenvalue weighted by Crippen LogP contribution is 2.23. The van der Waals surface area contributed by atoms with Crippen molar-refractivity contribution in [2.24, 2.45) is 0 Å². The van der Waals surface area contributed by atoms with Crippen LogP contribution in [0.1, 0.15) is 6.92 Å². The monoisotopic (exact) mass is 373 g/mol. The van der Waals surface area contributed by atoms with Crippen molar-refractivity contribution in [2.75, 3.05) is 12.4 Å². The van der Waals surface area contributed by atoms with Crippen LogP contribution in [0.25, 0.3) is 22.0 Å². The van der Waals surface area contributed by atoms with E-state index in [-0.39, 0.29) is 5.56 Å². The van der Waals surface area contributed by atoms with Gasteiger partial charge in [0.25, 0.3) is 5.56 Å². The van der Waals surface area contributed by atoms with Gasteiger partial charge < -0.3 is 14.6 Å². The Balaban J connectivity index is 1.77. The lowest BCUT2D eigenvalue weighted by molar-refractivity contribution is 0.392. The maximum Gasteiger partial charge on any atom is 0.258 e. The number of benzene rings is 1. The van der Waals surface area contributed by atoms with E-state index in [0.29, 0.717) is 29.6 Å². The van der Waals surface area contributed by atoms with E-state index in [2.05, 4.69) is 20.5 Å². The number of aryl methyl sites for hydroxylation is 1. The van der Waals surface area contributed by atoms with E-state index in [1.54, 1.807) is 22.9 Å². The molecule has 0 aliphatic rings. The molecule has 0 aliphatic heterocycles. The average molecular weight is 373 g/mol. The molecule has 1 N–H and O–H groups in total. The summed E-state index contributed by atoms with van der Waals surface area (Å²) in [5, 5.41) is 12.0. The van der Waals surface area contributed by atoms with Crippen molar-refractivity contribution < 1.29 is 4.74 Å². The van der Waals surface area contributed by atoms with Crippen LogP contribution >= 0.6 is 0 Å². The minimum atomic E-state index is -0.0254. The Bertz CT molecular complexity index is 1170. The summed E-state index contributed by atoms with van der Waals surface area (Å²) in [7, 11) is 1.54. The third-order valence-corrected chi connectivity index (χ3v) is 4.48. The predicted molar refractivity (Wildman–Crippen MR) is 109 cm³/mol. The second-order valence-electron chi connectivity index (χ2n) is 6.19. The quantitative estimate of drug-likeness (QED) is 0.575. The van der Waals surface area contributed by atoms with Gasteiger partial charge in [0.2, 0.25) is 5.88 Å². The number of aromatic nitrogens is 4. The van der Waals surface area contributed by atoms with Crippen LogP contribution in [-0.4, -0.2) is 26.9 Å². The number of hydrogen-bond acceptors (Lipinski definition) is 6. The Kier molecular flexibility index (Phi) is 4.72. The van der Waals surface area contributed by atoms with Crippen molar-refractivity contribution in [3.8, 4) is 17.0 Å². The van der Waals surface area contributed by atoms with Crippen molar-refractivity contribution >= 4 is 22.5 Å². The van der Waals surface area contributed by atoms with Crippen LogP contribution in [0.4, 0.5) is 11.6 Å². The Morgan fingerprint density at radius 1 is 1.04 bits per heavy atom. The van der Waals surface area contributed by atoms with E-state index in [4.69, 9.17) is 4.74 Å². The maximum absolute atomic E-state index is 13.0. The first kappa shape index (κ1) is 17.7. The van der Waals surface area contributed by atoms with Crippen LogP contribution in [0.2, 0.25) is 0 Å². The Morgan fingerprint density at radius 3 is 2.54 bits per heavy atom. The summed E-state index contributed by atoms with van der Waals surface area (Å²) in [6.07, 6.45) is 1.76. The number of rotatable bonds is 5. The van der Waals surface area contributed by atoms with Crippen LogP contribution in [0.3, 0.4) is 0 Å². The average Bonchev–Trinajstić information content (AvgIpc) is 2.74. The topological polar surface area (TPSA) is 81.9 Å². The van der Waals surface area contributed by atoms with Crippen molar-refractivity contribution in [3.63, 3.8) is 0 Å². The molecule has 0 bridgehead atoms. The zero-order valence-electron chi connectivity index (χ0n) is 15.6. The number of nitrogens with one attached hydrogen (secondary N) is 1. The molecule has 0 saturated heterocycles. The van der Waals surface area contributed by atoms with Crippen molar-refractivity contribution in [1.82, 2.24) is 19.7 Å². The lowest BCUT2D eigenvalue weighted by Crippen LogP contribution is -2.21. The SMILES string of the molecule is CCn1c(=O)c(-c2ccccc2)cc2cnc(Nc3ccc(OC)nn3)cc21. The molecule has 0 saturated carbocycles. The zero-order chi connectivity index (χ0) is 19.5. The molecule has 0 spiro atoms. The molecule has 1 aromatic carbocycles. The molecule has 0 radical (unpaired) electrons. The van der Waals surface area contributed by atoms with E-state index in [0.717, 1.165) is 16.5 Å². The van der Waals surface area contributed by atoms with E-state index in [1.165, 1.54) is 7.11 Å². The molecule has 0 fully saturated rings. The molecular formula is C21H19N5O2. The van der Waals surface area contributed by atoms with Gasteiger partial charge in [-0.15, -0.1) is 10.2 Å². The van der Waals surface area contributed by atoms with Crippen molar-refractivity contribution in [1.29, 1.82) is 0 Å². The fourth-order valence-corrected chi connectivity index (χ4v) is 3.11. The summed E-state index contributed by atoms with van der Waals surface area (Å²) >= 11 is 0. The molecule has 28 heavy (non-hydrogen) atoms. The van der Waals surface area contributed by atoms with Gasteiger partial charge in [-0.2, -0.15) is 0 Å². The van der Waals surface area contributed by atoms with E-state index in [1.807, 2.05) is 49.4 Å². The van der Waals surface area contributed by atoms with E-state index < -0.39 is 0 Å². The summed E-state index contributed by atoms with van der Waals surface area (Å²) in [4.78, 5) is 17.5. The molecule has 0 aliphatic carbocycles. The summed E-state index contributed by atoms with van der Waals surface area (Å²) in [6, 6.07) is 16.9. The third kappa shape index (κ3) is 3.29. The van der Waals surface area contributed by atoms with Gasteiger partial charge >= 0.3 is 0 Å². The van der Waals surface area contributed by atoms with Crippen molar-refractivity contribution in [3.05, 3.63) is 71.1 Å². The van der Waals surface area contributed by atoms with Crippen LogP contribution in [-0.2, 0) is 6.54 Å². The highest BCUT2D eigenvalue weighted by molar-refractivity contribution is 5.85. The molecular weight excluding hydrogens is 354 g/mol. The van der Waals surface area contributed by atoms with Gasteiger partial charge in [-0.25, -0.2) is 4.98 Å². The van der Waals surface area contributed by atoms with Crippen LogP contribution < -0.4 is 15.6 Å². The molecule has 7 heteroatoms. The number of anilines is 2. The normalized spacial score (nSPS) is 10.8. The zero-order valence-corrected chi connectivity index (χ0v) is 15.6. The Labute approximate surface area is 161 Å². The number of ether oxygens (including phenoxy) is 1. The number of methoxy groups -OCH3 is 1. The van der Waals surface area contributed by atoms with E-state index >= 15 is 0 Å². The summed E-state index contributed by atoms with van der Waals surface area (Å²) in [5.74, 6) is 1.56. The van der Waals surface area contributed by atoms with Gasteiger partial charge in [-0.3, -0.25) is 4.79 Å². The lowest BCUT2D eigenvalue weighted by atomic mass is 10.1. The number of nitrogens with zero attached hydrogens (tertiary/aromatic N) is 4. The van der Waals surface area contributed by atoms with Gasteiger partial charge in [0.1, 0.15) is 5.82 Å². The smallest absolute Gasteiger partial charge is 0.258 e. The number of hydrogen-bond donors (Lipinski definition) is 1. The highest BCUT2D eigenvalue weighted by Gasteiger charge is 2.11. The molecule has 3 aromatic heterocycles. The van der Waals surface area contributed by atoms with Gasteiger partial charge in [0.05, 0.1) is 12.6 Å². The minimum Gasteiger partial charge on any atom is -0.480 e. The number of fused-ring (bicyclic) bond motifs is 1. The van der Waals surface area contributed by atoms with Gasteiger partial charge in [-0.1, -0.05) is 30.3 Å². The van der Waals surface area contributed by atoms with Crippen LogP contribution in [0.15, 0.2) is 65.6 Å². The first-order valence-corrected chi connectivity index (χ1v) is 8.93. The second kappa shape index (κ2) is 7.48. The van der Waals surface area contributed by atoms with E-state index in [9.17, 15) is 4.79 Å². The van der Waals surface area contributed by atoms with Crippen molar-refractivity contribution in [2.45, 2.75) is 13.5 Å².